The number of methoxy groups -OCH3 is 1. The first kappa shape index (κ1) is 18.6. The Morgan fingerprint density at radius 2 is 2.04 bits per heavy atom. The number of halogens is 1. The standard InChI is InChI=1S/C16H17ClN2O6/c1-3-24-15(21)10-7-18-16(22)19-12(10)8-25-13-5-4-9(6-11(13)17)14(20)23-2/h4-6H,3,7-8H2,1-2H3,(H2,18,19,22). The van der Waals surface area contributed by atoms with Crippen LogP contribution in [0.1, 0.15) is 17.3 Å². The van der Waals surface area contributed by atoms with Crippen molar-refractivity contribution >= 4 is 29.6 Å². The van der Waals surface area contributed by atoms with E-state index in [-0.39, 0.29) is 47.4 Å². The molecular weight excluding hydrogens is 352 g/mol. The minimum Gasteiger partial charge on any atom is -0.486 e. The first-order valence-corrected chi connectivity index (χ1v) is 7.78. The molecule has 0 fully saturated rings. The molecule has 2 amide bonds. The van der Waals surface area contributed by atoms with Gasteiger partial charge in [0.2, 0.25) is 0 Å². The van der Waals surface area contributed by atoms with Gasteiger partial charge in [-0.25, -0.2) is 14.4 Å². The van der Waals surface area contributed by atoms with Crippen LogP contribution in [0.2, 0.25) is 5.02 Å². The van der Waals surface area contributed by atoms with Crippen molar-refractivity contribution in [3.63, 3.8) is 0 Å². The van der Waals surface area contributed by atoms with Crippen molar-refractivity contribution in [3.05, 3.63) is 40.1 Å². The normalized spacial score (nSPS) is 13.6. The largest absolute Gasteiger partial charge is 0.486 e. The maximum atomic E-state index is 11.9. The van der Waals surface area contributed by atoms with Crippen molar-refractivity contribution in [1.29, 1.82) is 0 Å². The molecule has 0 unspecified atom stereocenters. The quantitative estimate of drug-likeness (QED) is 0.740. The lowest BCUT2D eigenvalue weighted by molar-refractivity contribution is -0.138. The molecule has 25 heavy (non-hydrogen) atoms. The topological polar surface area (TPSA) is 103 Å². The monoisotopic (exact) mass is 368 g/mol. The van der Waals surface area contributed by atoms with Crippen molar-refractivity contribution in [3.8, 4) is 5.75 Å². The smallest absolute Gasteiger partial charge is 0.337 e. The molecule has 134 valence electrons. The Kier molecular flexibility index (Phi) is 6.24. The van der Waals surface area contributed by atoms with Gasteiger partial charge in [0.25, 0.3) is 0 Å². The number of hydrogen-bond acceptors (Lipinski definition) is 6. The Hall–Kier alpha value is -2.74. The van der Waals surface area contributed by atoms with E-state index in [4.69, 9.17) is 21.1 Å². The third kappa shape index (κ3) is 4.63. The molecule has 2 rings (SSSR count). The highest BCUT2D eigenvalue weighted by molar-refractivity contribution is 6.32. The number of carbonyl (C=O) groups is 3. The molecule has 9 heteroatoms. The van der Waals surface area contributed by atoms with E-state index in [1.54, 1.807) is 6.92 Å². The number of urea groups is 1. The van der Waals surface area contributed by atoms with Crippen LogP contribution in [0, 0.1) is 0 Å². The average Bonchev–Trinajstić information content (AvgIpc) is 2.60. The maximum Gasteiger partial charge on any atom is 0.337 e. The van der Waals surface area contributed by atoms with Crippen LogP contribution in [0.25, 0.3) is 0 Å². The summed E-state index contributed by atoms with van der Waals surface area (Å²) in [4.78, 5) is 34.9. The number of benzene rings is 1. The van der Waals surface area contributed by atoms with E-state index >= 15 is 0 Å². The Balaban J connectivity index is 2.15. The summed E-state index contributed by atoms with van der Waals surface area (Å²) in [5.41, 5.74) is 0.834. The summed E-state index contributed by atoms with van der Waals surface area (Å²) in [5.74, 6) is -0.773. The summed E-state index contributed by atoms with van der Waals surface area (Å²) in [6, 6.07) is 3.96. The molecule has 0 radical (unpaired) electrons. The molecule has 0 saturated carbocycles. The summed E-state index contributed by atoms with van der Waals surface area (Å²) < 4.78 is 15.1. The fourth-order valence-corrected chi connectivity index (χ4v) is 2.32. The number of amides is 2. The summed E-state index contributed by atoms with van der Waals surface area (Å²) in [6.45, 7) is 1.84. The van der Waals surface area contributed by atoms with E-state index in [1.165, 1.54) is 25.3 Å². The molecule has 0 aliphatic carbocycles. The van der Waals surface area contributed by atoms with E-state index in [9.17, 15) is 14.4 Å². The summed E-state index contributed by atoms with van der Waals surface area (Å²) in [7, 11) is 1.27. The Morgan fingerprint density at radius 1 is 1.28 bits per heavy atom. The van der Waals surface area contributed by atoms with Crippen LogP contribution in [0.5, 0.6) is 5.75 Å². The zero-order valence-corrected chi connectivity index (χ0v) is 14.4. The number of ether oxygens (including phenoxy) is 3. The minimum atomic E-state index is -0.541. The van der Waals surface area contributed by atoms with Gasteiger partial charge in [-0.1, -0.05) is 11.6 Å². The van der Waals surface area contributed by atoms with Gasteiger partial charge in [-0.3, -0.25) is 0 Å². The van der Waals surface area contributed by atoms with Crippen molar-refractivity contribution in [2.24, 2.45) is 0 Å². The number of hydrogen-bond donors (Lipinski definition) is 2. The minimum absolute atomic E-state index is 0.0401. The molecule has 1 aromatic carbocycles. The third-order valence-corrected chi connectivity index (χ3v) is 3.60. The molecule has 0 bridgehead atoms. The van der Waals surface area contributed by atoms with Gasteiger partial charge in [-0.2, -0.15) is 0 Å². The van der Waals surface area contributed by atoms with Gasteiger partial charge in [-0.15, -0.1) is 0 Å². The van der Waals surface area contributed by atoms with E-state index in [2.05, 4.69) is 15.4 Å². The van der Waals surface area contributed by atoms with Crippen LogP contribution >= 0.6 is 11.6 Å². The van der Waals surface area contributed by atoms with Gasteiger partial charge >= 0.3 is 18.0 Å². The third-order valence-electron chi connectivity index (χ3n) is 3.30. The van der Waals surface area contributed by atoms with Gasteiger partial charge in [0.1, 0.15) is 12.4 Å². The Labute approximate surface area is 149 Å². The van der Waals surface area contributed by atoms with Gasteiger partial charge in [0, 0.05) is 0 Å². The van der Waals surface area contributed by atoms with Gasteiger partial charge < -0.3 is 24.8 Å². The maximum absolute atomic E-state index is 11.9. The number of esters is 2. The second-order valence-corrected chi connectivity index (χ2v) is 5.32. The fourth-order valence-electron chi connectivity index (χ4n) is 2.08. The second-order valence-electron chi connectivity index (χ2n) is 4.91. The lowest BCUT2D eigenvalue weighted by Crippen LogP contribution is -2.45. The molecule has 1 aliphatic rings. The Bertz CT molecular complexity index is 731. The van der Waals surface area contributed by atoms with E-state index in [1.807, 2.05) is 0 Å². The van der Waals surface area contributed by atoms with Gasteiger partial charge in [0.15, 0.2) is 0 Å². The van der Waals surface area contributed by atoms with Crippen molar-refractivity contribution in [2.45, 2.75) is 6.92 Å². The van der Waals surface area contributed by atoms with Crippen molar-refractivity contribution in [1.82, 2.24) is 10.6 Å². The molecule has 0 aromatic heterocycles. The van der Waals surface area contributed by atoms with Crippen molar-refractivity contribution in [2.75, 3.05) is 26.9 Å². The number of carbonyl (C=O) groups excluding carboxylic acids is 3. The lowest BCUT2D eigenvalue weighted by Gasteiger charge is -2.21. The highest BCUT2D eigenvalue weighted by atomic mass is 35.5. The molecule has 0 atom stereocenters. The van der Waals surface area contributed by atoms with E-state index < -0.39 is 18.0 Å². The van der Waals surface area contributed by atoms with Gasteiger partial charge in [0.05, 0.1) is 42.1 Å². The first-order valence-electron chi connectivity index (χ1n) is 7.41. The lowest BCUT2D eigenvalue weighted by atomic mass is 10.1. The summed E-state index contributed by atoms with van der Waals surface area (Å²) in [6.07, 6.45) is 0. The van der Waals surface area contributed by atoms with Crippen LogP contribution in [0.15, 0.2) is 29.5 Å². The zero-order chi connectivity index (χ0) is 18.4. The van der Waals surface area contributed by atoms with Crippen LogP contribution in [-0.2, 0) is 14.3 Å². The molecule has 1 aliphatic heterocycles. The van der Waals surface area contributed by atoms with E-state index in [0.29, 0.717) is 0 Å². The molecule has 2 N–H and O–H groups in total. The molecule has 8 nitrogen and oxygen atoms in total. The Morgan fingerprint density at radius 3 is 2.68 bits per heavy atom. The van der Waals surface area contributed by atoms with Crippen molar-refractivity contribution < 1.29 is 28.6 Å². The predicted octanol–water partition coefficient (Wildman–Crippen LogP) is 1.64. The summed E-state index contributed by atoms with van der Waals surface area (Å²) in [5, 5.41) is 5.21. The fraction of sp³-hybridized carbons (Fsp3) is 0.312. The molecule has 1 aromatic rings. The van der Waals surface area contributed by atoms with Crippen LogP contribution < -0.4 is 15.4 Å². The van der Waals surface area contributed by atoms with E-state index in [0.717, 1.165) is 0 Å². The number of rotatable bonds is 6. The highest BCUT2D eigenvalue weighted by Crippen LogP contribution is 2.26. The zero-order valence-electron chi connectivity index (χ0n) is 13.7. The number of nitrogens with one attached hydrogen (secondary N) is 2. The first-order chi connectivity index (χ1) is 12.0. The van der Waals surface area contributed by atoms with Crippen LogP contribution in [0.4, 0.5) is 4.79 Å². The molecule has 0 spiro atoms. The molecular formula is C16H17ClN2O6. The molecule has 1 heterocycles. The highest BCUT2D eigenvalue weighted by Gasteiger charge is 2.24. The summed E-state index contributed by atoms with van der Waals surface area (Å²) >= 11 is 6.09. The van der Waals surface area contributed by atoms with Gasteiger partial charge in [-0.05, 0) is 25.1 Å². The second kappa shape index (κ2) is 8.39. The van der Waals surface area contributed by atoms with Crippen LogP contribution in [0.3, 0.4) is 0 Å². The predicted molar refractivity (Wildman–Crippen MR) is 88.5 cm³/mol. The van der Waals surface area contributed by atoms with Crippen LogP contribution in [-0.4, -0.2) is 44.8 Å². The SMILES string of the molecule is CCOC(=O)C1=C(COc2ccc(C(=O)OC)cc2Cl)NC(=O)NC1. The molecule has 0 saturated heterocycles. The average molecular weight is 369 g/mol.